The predicted octanol–water partition coefficient (Wildman–Crippen LogP) is 0.823. The third kappa shape index (κ3) is 3.21. The monoisotopic (exact) mass is 203 g/mol. The van der Waals surface area contributed by atoms with E-state index in [0.29, 0.717) is 5.82 Å². The molecule has 0 saturated heterocycles. The first kappa shape index (κ1) is 10.8. The summed E-state index contributed by atoms with van der Waals surface area (Å²) in [7, 11) is 0. The molecule has 0 aliphatic rings. The fourth-order valence-electron chi connectivity index (χ4n) is 0.849. The second-order valence-electron chi connectivity index (χ2n) is 2.90. The Kier molecular flexibility index (Phi) is 3.70. The molecule has 1 atom stereocenters. The minimum absolute atomic E-state index is 0.240. The van der Waals surface area contributed by atoms with E-state index in [2.05, 4.69) is 15.5 Å². The maximum Gasteiger partial charge on any atom is 0.265 e. The van der Waals surface area contributed by atoms with E-state index < -0.39 is 12.5 Å². The zero-order valence-corrected chi connectivity index (χ0v) is 7.61. The van der Waals surface area contributed by atoms with Gasteiger partial charge in [0.05, 0.1) is 6.20 Å². The van der Waals surface area contributed by atoms with Gasteiger partial charge in [0.15, 0.2) is 0 Å². The molecule has 78 valence electrons. The van der Waals surface area contributed by atoms with Crippen LogP contribution in [0.25, 0.3) is 0 Å². The van der Waals surface area contributed by atoms with Gasteiger partial charge in [0.1, 0.15) is 11.9 Å². The van der Waals surface area contributed by atoms with E-state index in [1.54, 1.807) is 12.3 Å². The van der Waals surface area contributed by atoms with Crippen LogP contribution in [0.4, 0.5) is 14.6 Å². The molecule has 2 N–H and O–H groups in total. The molecule has 1 unspecified atom stereocenters. The highest BCUT2D eigenvalue weighted by atomic mass is 19.3. The van der Waals surface area contributed by atoms with Crippen LogP contribution in [0.2, 0.25) is 0 Å². The topological polar surface area (TPSA) is 58.0 Å². The van der Waals surface area contributed by atoms with Crippen molar-refractivity contribution in [2.24, 2.45) is 0 Å². The molecule has 0 saturated carbocycles. The van der Waals surface area contributed by atoms with Crippen LogP contribution in [0.15, 0.2) is 12.3 Å². The number of hydrogen-bond acceptors (Lipinski definition) is 4. The maximum atomic E-state index is 11.9. The van der Waals surface area contributed by atoms with Gasteiger partial charge < -0.3 is 10.4 Å². The lowest BCUT2D eigenvalue weighted by Gasteiger charge is -2.10. The van der Waals surface area contributed by atoms with Crippen molar-refractivity contribution in [1.29, 1.82) is 0 Å². The highest BCUT2D eigenvalue weighted by Crippen LogP contribution is 2.05. The van der Waals surface area contributed by atoms with Crippen molar-refractivity contribution in [2.75, 3.05) is 11.9 Å². The van der Waals surface area contributed by atoms with Gasteiger partial charge >= 0.3 is 0 Å². The van der Waals surface area contributed by atoms with Crippen LogP contribution in [0.3, 0.4) is 0 Å². The second kappa shape index (κ2) is 4.80. The lowest BCUT2D eigenvalue weighted by atomic mass is 10.3. The Labute approximate surface area is 80.0 Å². The highest BCUT2D eigenvalue weighted by molar-refractivity contribution is 5.34. The zero-order chi connectivity index (χ0) is 10.6. The first-order valence-electron chi connectivity index (χ1n) is 4.09. The van der Waals surface area contributed by atoms with Crippen molar-refractivity contribution >= 4 is 5.82 Å². The van der Waals surface area contributed by atoms with E-state index in [1.165, 1.54) is 0 Å². The molecule has 14 heavy (non-hydrogen) atoms. The van der Waals surface area contributed by atoms with Crippen molar-refractivity contribution in [3.63, 3.8) is 0 Å². The molecule has 0 aliphatic carbocycles. The summed E-state index contributed by atoms with van der Waals surface area (Å²) in [4.78, 5) is 0. The maximum absolute atomic E-state index is 11.9. The summed E-state index contributed by atoms with van der Waals surface area (Å²) in [5.74, 6) is 0.379. The van der Waals surface area contributed by atoms with E-state index in [0.717, 1.165) is 5.56 Å². The van der Waals surface area contributed by atoms with Gasteiger partial charge in [0, 0.05) is 6.54 Å². The summed E-state index contributed by atoms with van der Waals surface area (Å²) < 4.78 is 23.8. The molecule has 1 heterocycles. The Hall–Kier alpha value is -1.30. The van der Waals surface area contributed by atoms with Crippen molar-refractivity contribution in [1.82, 2.24) is 10.2 Å². The molecular formula is C8H11F2N3O. The third-order valence-electron chi connectivity index (χ3n) is 1.57. The minimum atomic E-state index is -2.75. The van der Waals surface area contributed by atoms with Crippen molar-refractivity contribution < 1.29 is 13.9 Å². The van der Waals surface area contributed by atoms with E-state index in [-0.39, 0.29) is 6.54 Å². The van der Waals surface area contributed by atoms with Gasteiger partial charge in [-0.15, -0.1) is 5.10 Å². The number of halogens is 2. The molecule has 1 aromatic rings. The van der Waals surface area contributed by atoms with E-state index in [4.69, 9.17) is 5.11 Å². The average molecular weight is 203 g/mol. The molecule has 6 heteroatoms. The SMILES string of the molecule is Cc1cnnc(NCC(O)C(F)F)c1. The Morgan fingerprint density at radius 1 is 1.57 bits per heavy atom. The van der Waals surface area contributed by atoms with E-state index in [1.807, 2.05) is 6.92 Å². The normalized spacial score (nSPS) is 12.9. The van der Waals surface area contributed by atoms with Crippen LogP contribution < -0.4 is 5.32 Å². The molecule has 0 amide bonds. The Morgan fingerprint density at radius 3 is 2.86 bits per heavy atom. The summed E-state index contributed by atoms with van der Waals surface area (Å²) in [6.45, 7) is 1.57. The smallest absolute Gasteiger partial charge is 0.265 e. The average Bonchev–Trinajstić information content (AvgIpc) is 2.14. The van der Waals surface area contributed by atoms with E-state index in [9.17, 15) is 8.78 Å². The molecule has 1 aromatic heterocycles. The molecule has 0 bridgehead atoms. The van der Waals surface area contributed by atoms with Gasteiger partial charge in [0.2, 0.25) is 0 Å². The molecule has 0 radical (unpaired) electrons. The molecule has 4 nitrogen and oxygen atoms in total. The summed E-state index contributed by atoms with van der Waals surface area (Å²) in [5, 5.41) is 18.6. The fraction of sp³-hybridized carbons (Fsp3) is 0.500. The first-order valence-corrected chi connectivity index (χ1v) is 4.09. The summed E-state index contributed by atoms with van der Waals surface area (Å²) >= 11 is 0. The number of aliphatic hydroxyl groups is 1. The molecule has 0 fully saturated rings. The molecule has 0 spiro atoms. The third-order valence-corrected chi connectivity index (χ3v) is 1.57. The highest BCUT2D eigenvalue weighted by Gasteiger charge is 2.16. The lowest BCUT2D eigenvalue weighted by molar-refractivity contribution is 0.00380. The fourth-order valence-corrected chi connectivity index (χ4v) is 0.849. The largest absolute Gasteiger partial charge is 0.385 e. The summed E-state index contributed by atoms with van der Waals surface area (Å²) in [6, 6.07) is 1.66. The number of nitrogens with zero attached hydrogens (tertiary/aromatic N) is 2. The number of aryl methyl sites for hydroxylation is 1. The van der Waals surface area contributed by atoms with Crippen LogP contribution in [0.5, 0.6) is 0 Å². The summed E-state index contributed by atoms with van der Waals surface area (Å²) in [5.41, 5.74) is 0.869. The Morgan fingerprint density at radius 2 is 2.29 bits per heavy atom. The van der Waals surface area contributed by atoms with Crippen LogP contribution >= 0.6 is 0 Å². The summed E-state index contributed by atoms with van der Waals surface area (Å²) in [6.07, 6.45) is -2.88. The van der Waals surface area contributed by atoms with E-state index >= 15 is 0 Å². The zero-order valence-electron chi connectivity index (χ0n) is 7.61. The van der Waals surface area contributed by atoms with Crippen molar-refractivity contribution in [2.45, 2.75) is 19.5 Å². The van der Waals surface area contributed by atoms with Crippen molar-refractivity contribution in [3.05, 3.63) is 17.8 Å². The van der Waals surface area contributed by atoms with Crippen LogP contribution in [0, 0.1) is 6.92 Å². The molecular weight excluding hydrogens is 192 g/mol. The Bertz CT molecular complexity index is 296. The Balaban J connectivity index is 2.45. The number of hydrogen-bond donors (Lipinski definition) is 2. The standard InChI is InChI=1S/C8H11F2N3O/c1-5-2-7(13-12-3-5)11-4-6(14)8(9)10/h2-3,6,8,14H,4H2,1H3,(H,11,13). The van der Waals surface area contributed by atoms with Gasteiger partial charge in [-0.2, -0.15) is 5.10 Å². The molecule has 0 aliphatic heterocycles. The predicted molar refractivity (Wildman–Crippen MR) is 47.3 cm³/mol. The quantitative estimate of drug-likeness (QED) is 0.760. The van der Waals surface area contributed by atoms with Gasteiger partial charge in [0.25, 0.3) is 6.43 Å². The molecule has 0 aromatic carbocycles. The van der Waals surface area contributed by atoms with Gasteiger partial charge in [-0.3, -0.25) is 0 Å². The number of nitrogens with one attached hydrogen (secondary N) is 1. The number of alkyl halides is 2. The molecule has 1 rings (SSSR count). The van der Waals surface area contributed by atoms with Crippen LogP contribution in [0.1, 0.15) is 5.56 Å². The van der Waals surface area contributed by atoms with Gasteiger partial charge in [-0.25, -0.2) is 8.78 Å². The lowest BCUT2D eigenvalue weighted by Crippen LogP contribution is -2.27. The first-order chi connectivity index (χ1) is 6.59. The van der Waals surface area contributed by atoms with Gasteiger partial charge in [-0.1, -0.05) is 0 Å². The minimum Gasteiger partial charge on any atom is -0.385 e. The number of anilines is 1. The number of aliphatic hydroxyl groups excluding tert-OH is 1. The second-order valence-corrected chi connectivity index (χ2v) is 2.90. The van der Waals surface area contributed by atoms with Gasteiger partial charge in [-0.05, 0) is 18.6 Å². The number of rotatable bonds is 4. The van der Waals surface area contributed by atoms with Crippen molar-refractivity contribution in [3.8, 4) is 0 Å². The van der Waals surface area contributed by atoms with Crippen LogP contribution in [-0.2, 0) is 0 Å². The van der Waals surface area contributed by atoms with Crippen LogP contribution in [-0.4, -0.2) is 34.4 Å². The number of aromatic nitrogens is 2.